The smallest absolute Gasteiger partial charge is 0.341 e. The van der Waals surface area contributed by atoms with Gasteiger partial charge >= 0.3 is 5.97 Å². The van der Waals surface area contributed by atoms with Gasteiger partial charge in [-0.05, 0) is 36.8 Å². The number of hydrogen-bond donors (Lipinski definition) is 1. The number of methoxy groups -OCH3 is 1. The number of amides is 2. The number of rotatable bonds is 5. The summed E-state index contributed by atoms with van der Waals surface area (Å²) in [6.45, 7) is 1.66. The molecule has 0 unspecified atom stereocenters. The van der Waals surface area contributed by atoms with Crippen LogP contribution in [-0.2, 0) is 4.74 Å². The van der Waals surface area contributed by atoms with Crippen molar-refractivity contribution in [1.29, 1.82) is 0 Å². The van der Waals surface area contributed by atoms with Gasteiger partial charge in [0.05, 0.1) is 43.5 Å². The second-order valence-corrected chi connectivity index (χ2v) is 10.3. The highest BCUT2D eigenvalue weighted by Crippen LogP contribution is 2.36. The van der Waals surface area contributed by atoms with E-state index in [0.29, 0.717) is 36.9 Å². The zero-order valence-electron chi connectivity index (χ0n) is 18.8. The molecule has 1 N–H and O–H groups in total. The van der Waals surface area contributed by atoms with Crippen LogP contribution in [0.4, 0.5) is 5.00 Å². The van der Waals surface area contributed by atoms with E-state index in [-0.39, 0.29) is 16.5 Å². The average Bonchev–Trinajstić information content (AvgIpc) is 3.40. The first-order valence-corrected chi connectivity index (χ1v) is 12.1. The third kappa shape index (κ3) is 4.42. The fourth-order valence-corrected chi connectivity index (χ4v) is 5.68. The molecular weight excluding hydrogens is 494 g/mol. The van der Waals surface area contributed by atoms with Crippen molar-refractivity contribution in [2.75, 3.05) is 26.5 Å². The Balaban J connectivity index is 1.82. The lowest BCUT2D eigenvalue weighted by molar-refractivity contribution is 0.0601. The van der Waals surface area contributed by atoms with E-state index < -0.39 is 11.9 Å². The molecule has 0 fully saturated rings. The highest BCUT2D eigenvalue weighted by atomic mass is 35.5. The number of carbonyl (C=O) groups excluding carboxylic acids is 3. The zero-order chi connectivity index (χ0) is 24.6. The van der Waals surface area contributed by atoms with Crippen LogP contribution >= 0.6 is 34.3 Å². The summed E-state index contributed by atoms with van der Waals surface area (Å²) >= 11 is 8.51. The van der Waals surface area contributed by atoms with Gasteiger partial charge < -0.3 is 15.0 Å². The molecule has 2 amide bonds. The first kappa shape index (κ1) is 23.9. The highest BCUT2D eigenvalue weighted by Gasteiger charge is 2.27. The van der Waals surface area contributed by atoms with Crippen molar-refractivity contribution >= 4 is 68.0 Å². The van der Waals surface area contributed by atoms with Crippen molar-refractivity contribution in [3.05, 3.63) is 68.4 Å². The summed E-state index contributed by atoms with van der Waals surface area (Å²) in [5.41, 5.74) is 2.26. The van der Waals surface area contributed by atoms with E-state index >= 15 is 0 Å². The standard InChI is InChI=1S/C24H20ClN3O4S2/c1-12-19(24(31)32-4)22(34-20(12)23(30)28(2)3)27-21(29)14-11-16(17-9-10-18(25)33-17)26-15-8-6-5-7-13(14)15/h5-11H,1-4H3,(H,27,29). The lowest BCUT2D eigenvalue weighted by Crippen LogP contribution is -2.21. The van der Waals surface area contributed by atoms with Gasteiger partial charge in [-0.1, -0.05) is 29.8 Å². The van der Waals surface area contributed by atoms with Crippen LogP contribution in [-0.4, -0.2) is 48.9 Å². The summed E-state index contributed by atoms with van der Waals surface area (Å²) in [6, 6.07) is 12.6. The number of carbonyl (C=O) groups is 3. The fourth-order valence-electron chi connectivity index (χ4n) is 3.47. The molecule has 3 aromatic heterocycles. The number of fused-ring (bicyclic) bond motifs is 1. The van der Waals surface area contributed by atoms with Crippen LogP contribution in [0.15, 0.2) is 42.5 Å². The quantitative estimate of drug-likeness (QED) is 0.344. The second kappa shape index (κ2) is 9.54. The topological polar surface area (TPSA) is 88.6 Å². The maximum Gasteiger partial charge on any atom is 0.341 e. The molecule has 0 aliphatic heterocycles. The molecule has 7 nitrogen and oxygen atoms in total. The molecule has 174 valence electrons. The van der Waals surface area contributed by atoms with Crippen molar-refractivity contribution in [3.63, 3.8) is 0 Å². The molecule has 34 heavy (non-hydrogen) atoms. The van der Waals surface area contributed by atoms with Crippen molar-refractivity contribution in [1.82, 2.24) is 9.88 Å². The van der Waals surface area contributed by atoms with Gasteiger partial charge in [0.15, 0.2) is 0 Å². The molecule has 0 atom stereocenters. The van der Waals surface area contributed by atoms with Gasteiger partial charge in [0, 0.05) is 19.5 Å². The van der Waals surface area contributed by atoms with E-state index in [9.17, 15) is 14.4 Å². The van der Waals surface area contributed by atoms with Crippen molar-refractivity contribution in [2.45, 2.75) is 6.92 Å². The van der Waals surface area contributed by atoms with Crippen LogP contribution in [0.5, 0.6) is 0 Å². The third-order valence-corrected chi connectivity index (χ3v) is 7.60. The second-order valence-electron chi connectivity index (χ2n) is 7.58. The Hall–Kier alpha value is -3.27. The number of esters is 1. The lowest BCUT2D eigenvalue weighted by Gasteiger charge is -2.10. The Morgan fingerprint density at radius 1 is 1.09 bits per heavy atom. The molecule has 4 aromatic rings. The largest absolute Gasteiger partial charge is 0.465 e. The van der Waals surface area contributed by atoms with E-state index in [1.807, 2.05) is 30.3 Å². The maximum absolute atomic E-state index is 13.5. The van der Waals surface area contributed by atoms with E-state index in [2.05, 4.69) is 10.3 Å². The molecular formula is C24H20ClN3O4S2. The number of nitrogens with zero attached hydrogens (tertiary/aromatic N) is 2. The van der Waals surface area contributed by atoms with Gasteiger partial charge in [-0.15, -0.1) is 22.7 Å². The van der Waals surface area contributed by atoms with Crippen LogP contribution < -0.4 is 5.32 Å². The van der Waals surface area contributed by atoms with E-state index in [4.69, 9.17) is 16.3 Å². The van der Waals surface area contributed by atoms with Gasteiger partial charge in [0.1, 0.15) is 5.00 Å². The Morgan fingerprint density at radius 2 is 1.82 bits per heavy atom. The van der Waals surface area contributed by atoms with E-state index in [0.717, 1.165) is 16.2 Å². The number of hydrogen-bond acceptors (Lipinski definition) is 7. The number of aromatic nitrogens is 1. The number of nitrogens with one attached hydrogen (secondary N) is 1. The van der Waals surface area contributed by atoms with Crippen LogP contribution in [0.2, 0.25) is 4.34 Å². The van der Waals surface area contributed by atoms with Crippen LogP contribution in [0.3, 0.4) is 0 Å². The zero-order valence-corrected chi connectivity index (χ0v) is 21.2. The first-order chi connectivity index (χ1) is 16.2. The molecule has 0 saturated heterocycles. The normalized spacial score (nSPS) is 10.9. The minimum absolute atomic E-state index is 0.162. The molecule has 0 aliphatic carbocycles. The van der Waals surface area contributed by atoms with Crippen LogP contribution in [0.25, 0.3) is 21.5 Å². The number of ether oxygens (including phenoxy) is 1. The highest BCUT2D eigenvalue weighted by molar-refractivity contribution is 7.19. The summed E-state index contributed by atoms with van der Waals surface area (Å²) in [7, 11) is 4.51. The van der Waals surface area contributed by atoms with Crippen molar-refractivity contribution in [3.8, 4) is 10.6 Å². The monoisotopic (exact) mass is 513 g/mol. The number of pyridine rings is 1. The summed E-state index contributed by atoms with van der Waals surface area (Å²) < 4.78 is 5.54. The first-order valence-electron chi connectivity index (χ1n) is 10.1. The van der Waals surface area contributed by atoms with Gasteiger partial charge in [-0.25, -0.2) is 9.78 Å². The maximum atomic E-state index is 13.5. The Morgan fingerprint density at radius 3 is 2.47 bits per heavy atom. The van der Waals surface area contributed by atoms with Crippen molar-refractivity contribution in [2.24, 2.45) is 0 Å². The van der Waals surface area contributed by atoms with Gasteiger partial charge in [0.2, 0.25) is 0 Å². The molecule has 0 spiro atoms. The van der Waals surface area contributed by atoms with E-state index in [1.165, 1.54) is 23.3 Å². The molecule has 10 heteroatoms. The minimum Gasteiger partial charge on any atom is -0.465 e. The summed E-state index contributed by atoms with van der Waals surface area (Å²) in [6.07, 6.45) is 0. The summed E-state index contributed by atoms with van der Waals surface area (Å²) in [4.78, 5) is 45.9. The molecule has 0 radical (unpaired) electrons. The molecule has 3 heterocycles. The van der Waals surface area contributed by atoms with Crippen molar-refractivity contribution < 1.29 is 19.1 Å². The molecule has 0 bridgehead atoms. The Bertz CT molecular complexity index is 1440. The van der Waals surface area contributed by atoms with Gasteiger partial charge in [-0.3, -0.25) is 9.59 Å². The molecule has 4 rings (SSSR count). The number of anilines is 1. The molecule has 0 saturated carbocycles. The lowest BCUT2D eigenvalue weighted by atomic mass is 10.1. The average molecular weight is 514 g/mol. The minimum atomic E-state index is -0.629. The van der Waals surface area contributed by atoms with Gasteiger partial charge in [-0.2, -0.15) is 0 Å². The SMILES string of the molecule is COC(=O)c1c(NC(=O)c2cc(-c3ccc(Cl)s3)nc3ccccc23)sc(C(=O)N(C)C)c1C. The number of halogens is 1. The third-order valence-electron chi connectivity index (χ3n) is 5.15. The van der Waals surface area contributed by atoms with Gasteiger partial charge in [0.25, 0.3) is 11.8 Å². The van der Waals surface area contributed by atoms with Crippen LogP contribution in [0, 0.1) is 6.92 Å². The fraction of sp³-hybridized carbons (Fsp3) is 0.167. The van der Waals surface area contributed by atoms with E-state index in [1.54, 1.807) is 33.2 Å². The number of benzene rings is 1. The number of para-hydroxylation sites is 1. The molecule has 0 aliphatic rings. The predicted molar refractivity (Wildman–Crippen MR) is 136 cm³/mol. The summed E-state index contributed by atoms with van der Waals surface area (Å²) in [5, 5.41) is 3.74. The Labute approximate surface area is 208 Å². The summed E-state index contributed by atoms with van der Waals surface area (Å²) in [5.74, 6) is -1.33. The van der Waals surface area contributed by atoms with Crippen LogP contribution in [0.1, 0.15) is 36.0 Å². The Kier molecular flexibility index (Phi) is 6.70. The predicted octanol–water partition coefficient (Wildman–Crippen LogP) is 5.73. The number of thiophene rings is 2. The molecule has 1 aromatic carbocycles.